The largest absolute Gasteiger partial charge is 0.482 e. The lowest BCUT2D eigenvalue weighted by Gasteiger charge is -2.06. The van der Waals surface area contributed by atoms with E-state index in [0.29, 0.717) is 5.75 Å². The third-order valence-corrected chi connectivity index (χ3v) is 2.85. The minimum absolute atomic E-state index is 0.0709. The van der Waals surface area contributed by atoms with Crippen LogP contribution in [0.4, 0.5) is 0 Å². The van der Waals surface area contributed by atoms with Crippen LogP contribution in [0, 0.1) is 0 Å². The summed E-state index contributed by atoms with van der Waals surface area (Å²) in [6.07, 6.45) is 0. The van der Waals surface area contributed by atoms with Gasteiger partial charge >= 0.3 is 5.97 Å². The second-order valence-electron chi connectivity index (χ2n) is 3.52. The van der Waals surface area contributed by atoms with Gasteiger partial charge in [0, 0.05) is 4.47 Å². The van der Waals surface area contributed by atoms with Crippen molar-refractivity contribution in [2.75, 3.05) is 13.7 Å². The molecule has 0 saturated heterocycles. The van der Waals surface area contributed by atoms with E-state index < -0.39 is 0 Å². The van der Waals surface area contributed by atoms with E-state index in [-0.39, 0.29) is 12.6 Å². The van der Waals surface area contributed by atoms with E-state index in [2.05, 4.69) is 20.7 Å². The van der Waals surface area contributed by atoms with Crippen molar-refractivity contribution in [2.45, 2.75) is 0 Å². The van der Waals surface area contributed by atoms with Gasteiger partial charge < -0.3 is 9.47 Å². The number of rotatable bonds is 3. The maximum atomic E-state index is 10.9. The van der Waals surface area contributed by atoms with Crippen molar-refractivity contribution >= 4 is 32.7 Å². The van der Waals surface area contributed by atoms with Gasteiger partial charge in [-0.15, -0.1) is 0 Å². The Kier molecular flexibility index (Phi) is 3.64. The Bertz CT molecular complexity index is 551. The van der Waals surface area contributed by atoms with Gasteiger partial charge in [0.05, 0.1) is 7.11 Å². The molecule has 0 amide bonds. The van der Waals surface area contributed by atoms with Gasteiger partial charge in [-0.1, -0.05) is 28.1 Å². The molecule has 2 aromatic carbocycles. The highest BCUT2D eigenvalue weighted by atomic mass is 79.9. The number of hydrogen-bond donors (Lipinski definition) is 0. The summed E-state index contributed by atoms with van der Waals surface area (Å²) in [7, 11) is 1.34. The molecule has 0 fully saturated rings. The first-order valence-electron chi connectivity index (χ1n) is 5.08. The van der Waals surface area contributed by atoms with Crippen molar-refractivity contribution in [1.29, 1.82) is 0 Å². The third-order valence-electron chi connectivity index (χ3n) is 2.36. The Morgan fingerprint density at radius 3 is 2.65 bits per heavy atom. The predicted octanol–water partition coefficient (Wildman–Crippen LogP) is 3.15. The van der Waals surface area contributed by atoms with Gasteiger partial charge in [0.15, 0.2) is 6.61 Å². The van der Waals surface area contributed by atoms with Gasteiger partial charge in [-0.25, -0.2) is 4.79 Å². The smallest absolute Gasteiger partial charge is 0.343 e. The average molecular weight is 295 g/mol. The number of esters is 1. The van der Waals surface area contributed by atoms with E-state index in [1.54, 1.807) is 0 Å². The zero-order valence-electron chi connectivity index (χ0n) is 9.27. The SMILES string of the molecule is COC(=O)COc1ccc2cc(Br)ccc2c1. The van der Waals surface area contributed by atoms with Crippen molar-refractivity contribution in [2.24, 2.45) is 0 Å². The highest BCUT2D eigenvalue weighted by molar-refractivity contribution is 9.10. The van der Waals surface area contributed by atoms with Crippen LogP contribution in [-0.2, 0) is 9.53 Å². The number of methoxy groups -OCH3 is 1. The summed E-state index contributed by atoms with van der Waals surface area (Å²) in [6.45, 7) is -0.0709. The van der Waals surface area contributed by atoms with Crippen LogP contribution in [0.2, 0.25) is 0 Å². The number of carbonyl (C=O) groups excluding carboxylic acids is 1. The molecule has 2 aromatic rings. The lowest BCUT2D eigenvalue weighted by atomic mass is 10.1. The summed E-state index contributed by atoms with van der Waals surface area (Å²) in [5.41, 5.74) is 0. The lowest BCUT2D eigenvalue weighted by molar-refractivity contribution is -0.142. The first-order chi connectivity index (χ1) is 8.19. The Labute approximate surface area is 107 Å². The average Bonchev–Trinajstić information content (AvgIpc) is 2.35. The van der Waals surface area contributed by atoms with Crippen molar-refractivity contribution < 1.29 is 14.3 Å². The summed E-state index contributed by atoms with van der Waals surface area (Å²) < 4.78 is 10.9. The summed E-state index contributed by atoms with van der Waals surface area (Å²) in [4.78, 5) is 10.9. The van der Waals surface area contributed by atoms with E-state index in [9.17, 15) is 4.79 Å². The van der Waals surface area contributed by atoms with E-state index in [1.807, 2.05) is 36.4 Å². The van der Waals surface area contributed by atoms with Gasteiger partial charge in [-0.3, -0.25) is 0 Å². The van der Waals surface area contributed by atoms with Gasteiger partial charge in [0.2, 0.25) is 0 Å². The molecule has 0 aliphatic heterocycles. The highest BCUT2D eigenvalue weighted by Crippen LogP contribution is 2.24. The van der Waals surface area contributed by atoms with E-state index in [4.69, 9.17) is 4.74 Å². The zero-order chi connectivity index (χ0) is 12.3. The lowest BCUT2D eigenvalue weighted by Crippen LogP contribution is -2.12. The summed E-state index contributed by atoms with van der Waals surface area (Å²) in [5, 5.41) is 2.18. The van der Waals surface area contributed by atoms with Crippen LogP contribution in [-0.4, -0.2) is 19.7 Å². The molecule has 0 spiro atoms. The maximum absolute atomic E-state index is 10.9. The molecule has 0 N–H and O–H groups in total. The zero-order valence-corrected chi connectivity index (χ0v) is 10.9. The molecule has 4 heteroatoms. The molecule has 0 aliphatic carbocycles. The molecular formula is C13H11BrO3. The fourth-order valence-corrected chi connectivity index (χ4v) is 1.86. The predicted molar refractivity (Wildman–Crippen MR) is 69.2 cm³/mol. The van der Waals surface area contributed by atoms with Gasteiger partial charge in [0.25, 0.3) is 0 Å². The summed E-state index contributed by atoms with van der Waals surface area (Å²) in [6, 6.07) is 11.7. The fraction of sp³-hybridized carbons (Fsp3) is 0.154. The van der Waals surface area contributed by atoms with Crippen molar-refractivity contribution in [3.63, 3.8) is 0 Å². The molecule has 0 atom stereocenters. The maximum Gasteiger partial charge on any atom is 0.343 e. The Balaban J connectivity index is 2.20. The molecule has 17 heavy (non-hydrogen) atoms. The normalized spacial score (nSPS) is 10.2. The second-order valence-corrected chi connectivity index (χ2v) is 4.43. The van der Waals surface area contributed by atoms with E-state index in [1.165, 1.54) is 7.11 Å². The standard InChI is InChI=1S/C13H11BrO3/c1-16-13(15)8-17-12-5-3-9-6-11(14)4-2-10(9)7-12/h2-7H,8H2,1H3. The molecule has 88 valence electrons. The monoisotopic (exact) mass is 294 g/mol. The number of fused-ring (bicyclic) bond motifs is 1. The minimum Gasteiger partial charge on any atom is -0.482 e. The highest BCUT2D eigenvalue weighted by Gasteiger charge is 2.02. The van der Waals surface area contributed by atoms with Crippen LogP contribution >= 0.6 is 15.9 Å². The Morgan fingerprint density at radius 1 is 1.18 bits per heavy atom. The fourth-order valence-electron chi connectivity index (χ4n) is 1.49. The molecule has 0 saturated carbocycles. The van der Waals surface area contributed by atoms with Gasteiger partial charge in [-0.2, -0.15) is 0 Å². The van der Waals surface area contributed by atoms with Crippen LogP contribution in [0.25, 0.3) is 10.8 Å². The van der Waals surface area contributed by atoms with Crippen LogP contribution in [0.1, 0.15) is 0 Å². The van der Waals surface area contributed by atoms with Gasteiger partial charge in [0.1, 0.15) is 5.75 Å². The molecule has 2 rings (SSSR count). The minimum atomic E-state index is -0.388. The van der Waals surface area contributed by atoms with E-state index in [0.717, 1.165) is 15.2 Å². The molecule has 0 aromatic heterocycles. The molecule has 3 nitrogen and oxygen atoms in total. The number of ether oxygens (including phenoxy) is 2. The number of halogens is 1. The van der Waals surface area contributed by atoms with Crippen LogP contribution in [0.3, 0.4) is 0 Å². The second kappa shape index (κ2) is 5.19. The van der Waals surface area contributed by atoms with E-state index >= 15 is 0 Å². The topological polar surface area (TPSA) is 35.5 Å². The number of carbonyl (C=O) groups is 1. The van der Waals surface area contributed by atoms with Crippen LogP contribution in [0.5, 0.6) is 5.75 Å². The Hall–Kier alpha value is -1.55. The molecular weight excluding hydrogens is 284 g/mol. The Morgan fingerprint density at radius 2 is 1.88 bits per heavy atom. The van der Waals surface area contributed by atoms with Crippen LogP contribution in [0.15, 0.2) is 40.9 Å². The quantitative estimate of drug-likeness (QED) is 0.816. The third kappa shape index (κ3) is 2.97. The molecule has 0 heterocycles. The first-order valence-corrected chi connectivity index (χ1v) is 5.87. The van der Waals surface area contributed by atoms with Crippen molar-refractivity contribution in [1.82, 2.24) is 0 Å². The summed E-state index contributed by atoms with van der Waals surface area (Å²) in [5.74, 6) is 0.270. The first kappa shape index (κ1) is 11.9. The molecule has 0 unspecified atom stereocenters. The molecule has 0 bridgehead atoms. The number of benzene rings is 2. The van der Waals surface area contributed by atoms with Gasteiger partial charge in [-0.05, 0) is 35.0 Å². The summed E-state index contributed by atoms with van der Waals surface area (Å²) >= 11 is 3.42. The van der Waals surface area contributed by atoms with Crippen molar-refractivity contribution in [3.8, 4) is 5.75 Å². The molecule has 0 radical (unpaired) electrons. The van der Waals surface area contributed by atoms with Crippen molar-refractivity contribution in [3.05, 3.63) is 40.9 Å². The molecule has 0 aliphatic rings. The van der Waals surface area contributed by atoms with Crippen LogP contribution < -0.4 is 4.74 Å². The number of hydrogen-bond acceptors (Lipinski definition) is 3.